The highest BCUT2D eigenvalue weighted by Crippen LogP contribution is 2.55. The second-order valence-electron chi connectivity index (χ2n) is 14.7. The van der Waals surface area contributed by atoms with Crippen LogP contribution in [0.3, 0.4) is 0 Å². The van der Waals surface area contributed by atoms with Gasteiger partial charge in [-0.05, 0) is 68.7 Å². The third-order valence-corrected chi connectivity index (χ3v) is 9.60. The zero-order valence-corrected chi connectivity index (χ0v) is 29.0. The van der Waals surface area contributed by atoms with Crippen molar-refractivity contribution in [2.24, 2.45) is 10.8 Å². The lowest BCUT2D eigenvalue weighted by atomic mass is 9.58. The lowest BCUT2D eigenvalue weighted by Crippen LogP contribution is -2.48. The number of carboxylic acids is 1. The van der Waals surface area contributed by atoms with E-state index in [0.717, 1.165) is 28.6 Å². The highest BCUT2D eigenvalue weighted by Gasteiger charge is 2.46. The van der Waals surface area contributed by atoms with Gasteiger partial charge < -0.3 is 24.6 Å². The minimum Gasteiger partial charge on any atom is -0.478 e. The summed E-state index contributed by atoms with van der Waals surface area (Å²) in [7, 11) is 0. The largest absolute Gasteiger partial charge is 0.478 e. The van der Waals surface area contributed by atoms with E-state index in [1.165, 1.54) is 11.1 Å². The van der Waals surface area contributed by atoms with Crippen LogP contribution in [0.25, 0.3) is 28.0 Å². The standard InChI is InChI=1S/C40H44N4O5/c1-38(2,3)49-37(48)41-22-24-44-32-14-10-9-13-31(32)42-34(44)28-11-7-8-12-29(28)35(45)43-23-20-33-39(4,5)30(19-21-40(33,6)25-43)26-15-17-27(18-16-26)36(46)47/h7-20H,21-25H2,1-6H3,(H,41,48)(H,46,47)/t40-/m1/s1. The molecular weight excluding hydrogens is 616 g/mol. The predicted octanol–water partition coefficient (Wildman–Crippen LogP) is 7.83. The first kappa shape index (κ1) is 33.7. The molecule has 0 bridgehead atoms. The van der Waals surface area contributed by atoms with Crippen molar-refractivity contribution in [3.05, 3.63) is 107 Å². The van der Waals surface area contributed by atoms with Gasteiger partial charge in [0.25, 0.3) is 5.91 Å². The van der Waals surface area contributed by atoms with Gasteiger partial charge in [0.15, 0.2) is 0 Å². The number of fused-ring (bicyclic) bond motifs is 2. The van der Waals surface area contributed by atoms with Crippen molar-refractivity contribution < 1.29 is 24.2 Å². The summed E-state index contributed by atoms with van der Waals surface area (Å²) >= 11 is 0. The molecule has 254 valence electrons. The normalized spacial score (nSPS) is 18.7. The van der Waals surface area contributed by atoms with Crippen molar-refractivity contribution >= 4 is 34.6 Å². The molecule has 0 saturated carbocycles. The number of nitrogens with one attached hydrogen (secondary N) is 1. The number of nitrogens with zero attached hydrogens (tertiary/aromatic N) is 3. The van der Waals surface area contributed by atoms with E-state index in [2.05, 4.69) is 38.2 Å². The quantitative estimate of drug-likeness (QED) is 0.195. The van der Waals surface area contributed by atoms with Gasteiger partial charge in [-0.25, -0.2) is 14.6 Å². The fourth-order valence-corrected chi connectivity index (χ4v) is 7.48. The van der Waals surface area contributed by atoms with Crippen molar-refractivity contribution in [3.8, 4) is 11.4 Å². The maximum absolute atomic E-state index is 14.4. The maximum atomic E-state index is 14.4. The van der Waals surface area contributed by atoms with Gasteiger partial charge >= 0.3 is 12.1 Å². The first-order valence-electron chi connectivity index (χ1n) is 16.7. The molecule has 0 radical (unpaired) electrons. The molecule has 1 atom stereocenters. The van der Waals surface area contributed by atoms with Crippen LogP contribution in [0.15, 0.2) is 90.5 Å². The highest BCUT2D eigenvalue weighted by atomic mass is 16.6. The third-order valence-electron chi connectivity index (χ3n) is 9.60. The van der Waals surface area contributed by atoms with Gasteiger partial charge in [0.1, 0.15) is 11.4 Å². The van der Waals surface area contributed by atoms with Gasteiger partial charge in [0.05, 0.1) is 22.2 Å². The van der Waals surface area contributed by atoms with Crippen molar-refractivity contribution in [2.45, 2.75) is 60.1 Å². The van der Waals surface area contributed by atoms with Crippen molar-refractivity contribution in [1.29, 1.82) is 0 Å². The average molecular weight is 661 g/mol. The van der Waals surface area contributed by atoms with Crippen molar-refractivity contribution in [3.63, 3.8) is 0 Å². The number of carboxylic acid groups (broad SMARTS) is 1. The van der Waals surface area contributed by atoms with E-state index in [9.17, 15) is 19.5 Å². The molecular formula is C40H44N4O5. The predicted molar refractivity (Wildman–Crippen MR) is 191 cm³/mol. The van der Waals surface area contributed by atoms with Crippen LogP contribution in [0.2, 0.25) is 0 Å². The smallest absolute Gasteiger partial charge is 0.407 e. The summed E-state index contributed by atoms with van der Waals surface area (Å²) in [6.07, 6.45) is 4.73. The number of allylic oxidation sites excluding steroid dienone is 2. The summed E-state index contributed by atoms with van der Waals surface area (Å²) in [4.78, 5) is 45.1. The maximum Gasteiger partial charge on any atom is 0.407 e. The topological polar surface area (TPSA) is 114 Å². The molecule has 0 saturated heterocycles. The van der Waals surface area contributed by atoms with Crippen LogP contribution in [-0.2, 0) is 11.3 Å². The Morgan fingerprint density at radius 1 is 0.939 bits per heavy atom. The molecule has 2 N–H and O–H groups in total. The number of aromatic carboxylic acids is 1. The van der Waals surface area contributed by atoms with Crippen LogP contribution in [0.1, 0.15) is 74.2 Å². The Labute approximate surface area is 287 Å². The zero-order chi connectivity index (χ0) is 35.1. The van der Waals surface area contributed by atoms with Crippen LogP contribution in [0, 0.1) is 10.8 Å². The number of ether oxygens (including phenoxy) is 1. The summed E-state index contributed by atoms with van der Waals surface area (Å²) < 4.78 is 7.47. The molecule has 3 aromatic carbocycles. The fourth-order valence-electron chi connectivity index (χ4n) is 7.48. The van der Waals surface area contributed by atoms with Gasteiger partial charge in [-0.1, -0.05) is 81.0 Å². The third kappa shape index (κ3) is 6.62. The van der Waals surface area contributed by atoms with Gasteiger partial charge in [0, 0.05) is 42.6 Å². The summed E-state index contributed by atoms with van der Waals surface area (Å²) in [6.45, 7) is 13.9. The molecule has 9 heteroatoms. The summed E-state index contributed by atoms with van der Waals surface area (Å²) in [5, 5.41) is 12.2. The Kier molecular flexibility index (Phi) is 8.73. The van der Waals surface area contributed by atoms with Crippen LogP contribution in [-0.4, -0.2) is 62.8 Å². The van der Waals surface area contributed by atoms with Gasteiger partial charge in [-0.3, -0.25) is 4.79 Å². The van der Waals surface area contributed by atoms with E-state index in [1.807, 2.05) is 90.9 Å². The molecule has 6 rings (SSSR count). The fraction of sp³-hybridized carbons (Fsp3) is 0.350. The Morgan fingerprint density at radius 2 is 1.63 bits per heavy atom. The SMILES string of the molecule is CC(C)(C)OC(=O)NCCn1c(-c2ccccc2C(=O)N2CC=C3C(C)(C)C(c4ccc(C(=O)O)cc4)=CC[C@]3(C)C2)nc2ccccc21. The number of alkyl carbamates (subject to hydrolysis) is 1. The van der Waals surface area contributed by atoms with Crippen LogP contribution >= 0.6 is 0 Å². The molecule has 0 spiro atoms. The molecule has 49 heavy (non-hydrogen) atoms. The lowest BCUT2D eigenvalue weighted by molar-refractivity contribution is 0.0525. The number of carbonyl (C=O) groups excluding carboxylic acids is 2. The van der Waals surface area contributed by atoms with E-state index in [1.54, 1.807) is 12.1 Å². The number of para-hydroxylation sites is 2. The molecule has 2 amide bonds. The summed E-state index contributed by atoms with van der Waals surface area (Å²) in [5.74, 6) is -0.338. The number of amides is 2. The van der Waals surface area contributed by atoms with E-state index in [0.29, 0.717) is 37.6 Å². The molecule has 1 aliphatic heterocycles. The molecule has 9 nitrogen and oxygen atoms in total. The van der Waals surface area contributed by atoms with E-state index < -0.39 is 17.7 Å². The molecule has 2 heterocycles. The number of rotatable bonds is 7. The Morgan fingerprint density at radius 3 is 2.35 bits per heavy atom. The number of benzene rings is 3. The van der Waals surface area contributed by atoms with Crippen LogP contribution < -0.4 is 5.32 Å². The number of imidazole rings is 1. The minimum absolute atomic E-state index is 0.0607. The molecule has 1 aromatic heterocycles. The van der Waals surface area contributed by atoms with Gasteiger partial charge in [-0.15, -0.1) is 0 Å². The number of aromatic nitrogens is 2. The Hall–Kier alpha value is -5.18. The second kappa shape index (κ2) is 12.7. The minimum atomic E-state index is -0.940. The molecule has 2 aliphatic rings. The van der Waals surface area contributed by atoms with Crippen LogP contribution in [0.5, 0.6) is 0 Å². The molecule has 1 aliphatic carbocycles. The zero-order valence-electron chi connectivity index (χ0n) is 29.0. The molecule has 0 unspecified atom stereocenters. The molecule has 0 fully saturated rings. The van der Waals surface area contributed by atoms with Crippen molar-refractivity contribution in [2.75, 3.05) is 19.6 Å². The molecule has 4 aromatic rings. The monoisotopic (exact) mass is 660 g/mol. The Bertz CT molecular complexity index is 2000. The van der Waals surface area contributed by atoms with Gasteiger partial charge in [-0.2, -0.15) is 0 Å². The number of hydrogen-bond donors (Lipinski definition) is 2. The summed E-state index contributed by atoms with van der Waals surface area (Å²) in [5.41, 5.74) is 5.58. The Balaban J connectivity index is 1.27. The summed E-state index contributed by atoms with van der Waals surface area (Å²) in [6, 6.07) is 22.5. The van der Waals surface area contributed by atoms with Crippen molar-refractivity contribution in [1.82, 2.24) is 19.8 Å². The van der Waals surface area contributed by atoms with Crippen LogP contribution in [0.4, 0.5) is 4.79 Å². The first-order valence-corrected chi connectivity index (χ1v) is 16.7. The highest BCUT2D eigenvalue weighted by molar-refractivity contribution is 6.01. The average Bonchev–Trinajstić information content (AvgIpc) is 3.41. The second-order valence-corrected chi connectivity index (χ2v) is 14.7. The number of carbonyl (C=O) groups is 3. The van der Waals surface area contributed by atoms with E-state index in [-0.39, 0.29) is 22.3 Å². The first-order chi connectivity index (χ1) is 23.2. The lowest BCUT2D eigenvalue weighted by Gasteiger charge is -2.50. The number of hydrogen-bond acceptors (Lipinski definition) is 5. The van der Waals surface area contributed by atoms with E-state index >= 15 is 0 Å². The van der Waals surface area contributed by atoms with E-state index in [4.69, 9.17) is 9.72 Å². The van der Waals surface area contributed by atoms with Gasteiger partial charge in [0.2, 0.25) is 0 Å².